The predicted octanol–water partition coefficient (Wildman–Crippen LogP) is 3.97. The monoisotopic (exact) mass is 349 g/mol. The summed E-state index contributed by atoms with van der Waals surface area (Å²) < 4.78 is 4.59. The summed E-state index contributed by atoms with van der Waals surface area (Å²) in [6, 6.07) is 0. The lowest BCUT2D eigenvalue weighted by atomic mass is 10.7. The van der Waals surface area contributed by atoms with Gasteiger partial charge >= 0.3 is 0 Å². The van der Waals surface area contributed by atoms with Crippen molar-refractivity contribution in [3.05, 3.63) is 18.7 Å². The van der Waals surface area contributed by atoms with E-state index in [2.05, 4.69) is 47.8 Å². The summed E-state index contributed by atoms with van der Waals surface area (Å²) >= 11 is 15.9. The second kappa shape index (κ2) is 3.17. The molecule has 1 heterocycles. The summed E-state index contributed by atoms with van der Waals surface area (Å²) in [4.78, 5) is 0. The molecule has 56 valence electrons. The smallest absolute Gasteiger partial charge is 0.125 e. The van der Waals surface area contributed by atoms with Crippen molar-refractivity contribution in [1.29, 1.82) is 0 Å². The van der Waals surface area contributed by atoms with Gasteiger partial charge in [-0.1, -0.05) is 11.6 Å². The molecular formula is C5H3Br3ClN. The van der Waals surface area contributed by atoms with Crippen LogP contribution in [0.25, 0.3) is 0 Å². The van der Waals surface area contributed by atoms with Gasteiger partial charge in [-0.05, 0) is 47.8 Å². The highest BCUT2D eigenvalue weighted by Gasteiger charge is 2.12. The van der Waals surface area contributed by atoms with Crippen molar-refractivity contribution in [1.82, 2.24) is 4.57 Å². The molecule has 0 saturated heterocycles. The van der Waals surface area contributed by atoms with Crippen molar-refractivity contribution in [2.75, 3.05) is 0 Å². The van der Waals surface area contributed by atoms with Crippen LogP contribution in [0.1, 0.15) is 0 Å². The van der Waals surface area contributed by atoms with E-state index in [4.69, 9.17) is 11.6 Å². The molecule has 0 spiro atoms. The van der Waals surface area contributed by atoms with E-state index in [9.17, 15) is 0 Å². The first-order valence-corrected chi connectivity index (χ1v) is 5.16. The molecule has 0 aromatic carbocycles. The fourth-order valence-electron chi connectivity index (χ4n) is 0.562. The molecule has 0 aliphatic rings. The zero-order chi connectivity index (χ0) is 7.89. The number of rotatable bonds is 0. The topological polar surface area (TPSA) is 4.93 Å². The Morgan fingerprint density at radius 1 is 1.20 bits per heavy atom. The van der Waals surface area contributed by atoms with Gasteiger partial charge in [-0.3, -0.25) is 0 Å². The largest absolute Gasteiger partial charge is 0.328 e. The van der Waals surface area contributed by atoms with E-state index >= 15 is 0 Å². The predicted molar refractivity (Wildman–Crippen MR) is 53.5 cm³/mol. The van der Waals surface area contributed by atoms with Gasteiger partial charge in [-0.25, -0.2) is 0 Å². The average molecular weight is 352 g/mol. The Kier molecular flexibility index (Phi) is 2.89. The lowest BCUT2D eigenvalue weighted by Gasteiger charge is -1.93. The second-order valence-electron chi connectivity index (χ2n) is 1.77. The Morgan fingerprint density at radius 3 is 1.80 bits per heavy atom. The highest BCUT2D eigenvalue weighted by atomic mass is 79.9. The van der Waals surface area contributed by atoms with Crippen molar-refractivity contribution < 1.29 is 0 Å². The molecule has 5 heteroatoms. The van der Waals surface area contributed by atoms with E-state index in [-0.39, 0.29) is 0 Å². The van der Waals surface area contributed by atoms with Crippen molar-refractivity contribution in [3.8, 4) is 0 Å². The summed E-state index contributed by atoms with van der Waals surface area (Å²) in [6.07, 6.45) is 0. The minimum Gasteiger partial charge on any atom is -0.328 e. The van der Waals surface area contributed by atoms with Gasteiger partial charge in [0, 0.05) is 7.05 Å². The van der Waals surface area contributed by atoms with Crippen LogP contribution in [0.2, 0.25) is 5.15 Å². The molecule has 0 radical (unpaired) electrons. The molecular weight excluding hydrogens is 349 g/mol. The fourth-order valence-corrected chi connectivity index (χ4v) is 2.51. The van der Waals surface area contributed by atoms with Crippen LogP contribution in [0.15, 0.2) is 13.5 Å². The second-order valence-corrected chi connectivity index (χ2v) is 4.46. The lowest BCUT2D eigenvalue weighted by molar-refractivity contribution is 0.899. The molecule has 1 rings (SSSR count). The first kappa shape index (κ1) is 9.10. The van der Waals surface area contributed by atoms with Crippen LogP contribution in [0, 0.1) is 0 Å². The molecule has 0 aliphatic heterocycles. The minimum atomic E-state index is 0.679. The Balaban J connectivity index is 3.44. The van der Waals surface area contributed by atoms with Gasteiger partial charge in [0.15, 0.2) is 0 Å². The molecule has 0 fully saturated rings. The molecule has 0 atom stereocenters. The maximum atomic E-state index is 5.86. The normalized spacial score (nSPS) is 10.5. The molecule has 0 unspecified atom stereocenters. The van der Waals surface area contributed by atoms with Crippen LogP contribution in [0.5, 0.6) is 0 Å². The zero-order valence-corrected chi connectivity index (χ0v) is 10.5. The Hall–Kier alpha value is 1.01. The zero-order valence-electron chi connectivity index (χ0n) is 4.96. The lowest BCUT2D eigenvalue weighted by Crippen LogP contribution is -1.85. The van der Waals surface area contributed by atoms with Crippen LogP contribution in [-0.4, -0.2) is 4.57 Å². The highest BCUT2D eigenvalue weighted by Crippen LogP contribution is 2.38. The molecule has 0 amide bonds. The van der Waals surface area contributed by atoms with E-state index in [1.54, 1.807) is 0 Å². The highest BCUT2D eigenvalue weighted by molar-refractivity contribution is 9.14. The molecule has 1 aromatic rings. The van der Waals surface area contributed by atoms with Crippen molar-refractivity contribution >= 4 is 59.4 Å². The molecule has 0 bridgehead atoms. The van der Waals surface area contributed by atoms with E-state index in [0.29, 0.717) is 5.15 Å². The van der Waals surface area contributed by atoms with Crippen LogP contribution in [-0.2, 0) is 7.05 Å². The molecule has 1 nitrogen and oxygen atoms in total. The summed E-state index contributed by atoms with van der Waals surface area (Å²) in [5.74, 6) is 0. The third kappa shape index (κ3) is 1.31. The maximum absolute atomic E-state index is 5.86. The number of halogens is 4. The molecule has 0 aliphatic carbocycles. The first-order valence-electron chi connectivity index (χ1n) is 2.40. The summed E-state index contributed by atoms with van der Waals surface area (Å²) in [5, 5.41) is 0.679. The van der Waals surface area contributed by atoms with Gasteiger partial charge in [0.25, 0.3) is 0 Å². The van der Waals surface area contributed by atoms with Crippen molar-refractivity contribution in [2.45, 2.75) is 0 Å². The van der Waals surface area contributed by atoms with Gasteiger partial charge in [-0.2, -0.15) is 0 Å². The number of aromatic nitrogens is 1. The molecule has 10 heavy (non-hydrogen) atoms. The Labute approximate surface area is 89.1 Å². The number of hydrogen-bond acceptors (Lipinski definition) is 0. The maximum Gasteiger partial charge on any atom is 0.125 e. The molecule has 0 saturated carbocycles. The fraction of sp³-hybridized carbons (Fsp3) is 0.200. The summed E-state index contributed by atoms with van der Waals surface area (Å²) in [5.41, 5.74) is 0. The SMILES string of the molecule is Cn1c(Cl)c(Br)c(Br)c1Br. The third-order valence-corrected chi connectivity index (χ3v) is 5.35. The summed E-state index contributed by atoms with van der Waals surface area (Å²) in [7, 11) is 1.88. The van der Waals surface area contributed by atoms with Crippen LogP contribution >= 0.6 is 59.4 Å². The van der Waals surface area contributed by atoms with Gasteiger partial charge in [0.2, 0.25) is 0 Å². The van der Waals surface area contributed by atoms with Crippen LogP contribution in [0.4, 0.5) is 0 Å². The summed E-state index contributed by atoms with van der Waals surface area (Å²) in [6.45, 7) is 0. The molecule has 1 aromatic heterocycles. The third-order valence-electron chi connectivity index (χ3n) is 1.14. The Bertz CT molecular complexity index is 188. The van der Waals surface area contributed by atoms with Crippen molar-refractivity contribution in [3.63, 3.8) is 0 Å². The Morgan fingerprint density at radius 2 is 1.70 bits per heavy atom. The standard InChI is InChI=1S/C5H3Br3ClN/c1-10-4(8)2(6)3(7)5(10)9/h1H3. The van der Waals surface area contributed by atoms with Crippen molar-refractivity contribution in [2.24, 2.45) is 7.05 Å². The van der Waals surface area contributed by atoms with Gasteiger partial charge < -0.3 is 4.57 Å². The van der Waals surface area contributed by atoms with Crippen LogP contribution in [0.3, 0.4) is 0 Å². The van der Waals surface area contributed by atoms with Gasteiger partial charge in [0.1, 0.15) is 9.76 Å². The van der Waals surface area contributed by atoms with Crippen LogP contribution < -0.4 is 0 Å². The first-order chi connectivity index (χ1) is 4.55. The molecule has 0 N–H and O–H groups in total. The number of nitrogens with zero attached hydrogens (tertiary/aromatic N) is 1. The minimum absolute atomic E-state index is 0.679. The van der Waals surface area contributed by atoms with Gasteiger partial charge in [0.05, 0.1) is 8.95 Å². The van der Waals surface area contributed by atoms with E-state index in [0.717, 1.165) is 13.5 Å². The van der Waals surface area contributed by atoms with E-state index in [1.807, 2.05) is 11.6 Å². The average Bonchev–Trinajstić information content (AvgIpc) is 2.07. The van der Waals surface area contributed by atoms with Gasteiger partial charge in [-0.15, -0.1) is 0 Å². The van der Waals surface area contributed by atoms with E-state index < -0.39 is 0 Å². The van der Waals surface area contributed by atoms with E-state index in [1.165, 1.54) is 0 Å². The quantitative estimate of drug-likeness (QED) is 0.666. The number of hydrogen-bond donors (Lipinski definition) is 0.